The number of fused-ring (bicyclic) bond motifs is 12. The summed E-state index contributed by atoms with van der Waals surface area (Å²) in [5.74, 6) is 0.602. The number of benzene rings is 9. The topological polar surface area (TPSA) is 48.8 Å². The zero-order valence-electron chi connectivity index (χ0n) is 32.8. The first-order valence-electron chi connectivity index (χ1n) is 20.7. The van der Waals surface area contributed by atoms with Crippen LogP contribution in [0.1, 0.15) is 0 Å². The summed E-state index contributed by atoms with van der Waals surface area (Å²) in [4.78, 5) is 10.8. The smallest absolute Gasteiger partial charge is 0.235 e. The summed E-state index contributed by atoms with van der Waals surface area (Å²) >= 11 is 0. The van der Waals surface area contributed by atoms with Crippen molar-refractivity contribution in [3.8, 4) is 45.1 Å². The van der Waals surface area contributed by atoms with Crippen LogP contribution in [-0.4, -0.2) is 19.1 Å². The Bertz CT molecular complexity index is 3840. The van der Waals surface area contributed by atoms with Crippen molar-refractivity contribution in [2.24, 2.45) is 0 Å². The quantitative estimate of drug-likeness (QED) is 0.175. The third-order valence-corrected chi connectivity index (χ3v) is 12.4. The molecular weight excluding hydrogens is 745 g/mol. The zero-order chi connectivity index (χ0) is 40.0. The van der Waals surface area contributed by atoms with Gasteiger partial charge in [-0.25, -0.2) is 9.97 Å². The van der Waals surface area contributed by atoms with E-state index in [4.69, 9.17) is 14.4 Å². The summed E-state index contributed by atoms with van der Waals surface area (Å²) in [5.41, 5.74) is 14.5. The van der Waals surface area contributed by atoms with Gasteiger partial charge < -0.3 is 8.98 Å². The fourth-order valence-corrected chi connectivity index (χ4v) is 9.57. The van der Waals surface area contributed by atoms with Crippen LogP contribution in [0.4, 0.5) is 0 Å². The van der Waals surface area contributed by atoms with Crippen LogP contribution < -0.4 is 0 Å². The molecule has 13 aromatic rings. The van der Waals surface area contributed by atoms with Crippen LogP contribution in [-0.2, 0) is 0 Å². The zero-order valence-corrected chi connectivity index (χ0v) is 32.8. The van der Waals surface area contributed by atoms with E-state index in [0.29, 0.717) is 5.95 Å². The molecule has 0 saturated heterocycles. The molecule has 61 heavy (non-hydrogen) atoms. The van der Waals surface area contributed by atoms with E-state index in [1.165, 1.54) is 27.5 Å². The molecule has 284 valence electrons. The van der Waals surface area contributed by atoms with E-state index < -0.39 is 0 Å². The summed E-state index contributed by atoms with van der Waals surface area (Å²) in [6.45, 7) is 0. The number of hydrogen-bond donors (Lipinski definition) is 0. The maximum absolute atomic E-state index is 6.90. The predicted octanol–water partition coefficient (Wildman–Crippen LogP) is 14.7. The van der Waals surface area contributed by atoms with E-state index in [2.05, 4.69) is 203 Å². The highest BCUT2D eigenvalue weighted by Crippen LogP contribution is 2.46. The predicted molar refractivity (Wildman–Crippen MR) is 252 cm³/mol. The molecule has 0 atom stereocenters. The minimum absolute atomic E-state index is 0.602. The molecule has 0 spiro atoms. The van der Waals surface area contributed by atoms with Gasteiger partial charge in [-0.05, 0) is 70.8 Å². The van der Waals surface area contributed by atoms with E-state index in [1.54, 1.807) is 0 Å². The van der Waals surface area contributed by atoms with E-state index in [-0.39, 0.29) is 0 Å². The molecule has 0 aliphatic heterocycles. The molecule has 0 saturated carbocycles. The molecule has 0 fully saturated rings. The second kappa shape index (κ2) is 13.1. The molecule has 13 rings (SSSR count). The second-order valence-electron chi connectivity index (χ2n) is 15.7. The minimum atomic E-state index is 0.602. The molecule has 0 radical (unpaired) electrons. The van der Waals surface area contributed by atoms with Crippen molar-refractivity contribution in [3.05, 3.63) is 206 Å². The number of aromatic nitrogens is 4. The number of para-hydroxylation sites is 3. The Morgan fingerprint density at radius 1 is 0.344 bits per heavy atom. The SMILES string of the molecule is c1ccc(-c2ccc(-c3nc(-n4c5ccc6c7ccccc7oc6c5c5c4ccc4c6ccccc6n(-c6ccc(-c7ccccc7)cc6)c45)nc4ccccc34)cc2)cc1. The van der Waals surface area contributed by atoms with Gasteiger partial charge in [0, 0.05) is 43.6 Å². The van der Waals surface area contributed by atoms with Crippen molar-refractivity contribution in [1.82, 2.24) is 19.1 Å². The molecule has 0 bridgehead atoms. The summed E-state index contributed by atoms with van der Waals surface area (Å²) < 4.78 is 11.6. The van der Waals surface area contributed by atoms with Crippen LogP contribution in [0.15, 0.2) is 211 Å². The van der Waals surface area contributed by atoms with Gasteiger partial charge in [0.2, 0.25) is 5.95 Å². The summed E-state index contributed by atoms with van der Waals surface area (Å²) in [6.07, 6.45) is 0. The molecule has 5 nitrogen and oxygen atoms in total. The lowest BCUT2D eigenvalue weighted by molar-refractivity contribution is 0.673. The van der Waals surface area contributed by atoms with Crippen molar-refractivity contribution >= 4 is 76.5 Å². The highest BCUT2D eigenvalue weighted by atomic mass is 16.3. The molecular formula is C56H34N4O. The van der Waals surface area contributed by atoms with E-state index in [0.717, 1.165) is 88.2 Å². The van der Waals surface area contributed by atoms with Gasteiger partial charge in [0.25, 0.3) is 0 Å². The van der Waals surface area contributed by atoms with Crippen LogP contribution in [0.3, 0.4) is 0 Å². The molecule has 4 heterocycles. The Kier molecular flexibility index (Phi) is 7.24. The third kappa shape index (κ3) is 5.08. The van der Waals surface area contributed by atoms with Gasteiger partial charge in [0.1, 0.15) is 11.2 Å². The Balaban J connectivity index is 1.14. The number of nitrogens with zero attached hydrogens (tertiary/aromatic N) is 4. The Morgan fingerprint density at radius 3 is 1.64 bits per heavy atom. The van der Waals surface area contributed by atoms with Crippen LogP contribution in [0.25, 0.3) is 122 Å². The van der Waals surface area contributed by atoms with Gasteiger partial charge in [0.05, 0.1) is 38.7 Å². The van der Waals surface area contributed by atoms with Gasteiger partial charge in [-0.1, -0.05) is 158 Å². The van der Waals surface area contributed by atoms with Gasteiger partial charge >= 0.3 is 0 Å². The van der Waals surface area contributed by atoms with E-state index in [1.807, 2.05) is 12.1 Å². The van der Waals surface area contributed by atoms with Crippen molar-refractivity contribution < 1.29 is 4.42 Å². The Hall–Kier alpha value is -8.28. The maximum Gasteiger partial charge on any atom is 0.235 e. The summed E-state index contributed by atoms with van der Waals surface area (Å²) in [5, 5.41) is 7.64. The van der Waals surface area contributed by atoms with Crippen LogP contribution in [0.2, 0.25) is 0 Å². The molecule has 0 unspecified atom stereocenters. The number of hydrogen-bond acceptors (Lipinski definition) is 3. The van der Waals surface area contributed by atoms with Crippen molar-refractivity contribution in [2.75, 3.05) is 0 Å². The molecule has 0 aliphatic carbocycles. The molecule has 0 N–H and O–H groups in total. The lowest BCUT2D eigenvalue weighted by Gasteiger charge is -2.12. The normalized spacial score (nSPS) is 11.9. The van der Waals surface area contributed by atoms with Crippen LogP contribution in [0, 0.1) is 0 Å². The van der Waals surface area contributed by atoms with Crippen molar-refractivity contribution in [1.29, 1.82) is 0 Å². The van der Waals surface area contributed by atoms with Crippen LogP contribution in [0.5, 0.6) is 0 Å². The van der Waals surface area contributed by atoms with Crippen molar-refractivity contribution in [2.45, 2.75) is 0 Å². The average molecular weight is 779 g/mol. The highest BCUT2D eigenvalue weighted by molar-refractivity contribution is 6.32. The fourth-order valence-electron chi connectivity index (χ4n) is 9.57. The van der Waals surface area contributed by atoms with Gasteiger partial charge in [-0.2, -0.15) is 0 Å². The van der Waals surface area contributed by atoms with E-state index >= 15 is 0 Å². The molecule has 9 aromatic carbocycles. The summed E-state index contributed by atoms with van der Waals surface area (Å²) in [6, 6.07) is 73.0. The van der Waals surface area contributed by atoms with Crippen molar-refractivity contribution in [3.63, 3.8) is 0 Å². The van der Waals surface area contributed by atoms with E-state index in [9.17, 15) is 0 Å². The standard InChI is InChI=1S/C56H34N4O/c1-3-13-35(14-4-1)37-23-25-39(26-24-37)53-45-19-7-10-20-46(45)57-56(58-53)60-48-33-31-43-41-17-8-11-21-47(41)59(40-29-27-38(28-30-40)36-15-5-2-6-16-36)54(43)51(48)52-49(60)34-32-44-42-18-9-12-22-50(42)61-55(44)52/h1-34H. The van der Waals surface area contributed by atoms with Crippen LogP contribution >= 0.6 is 0 Å². The first kappa shape index (κ1) is 33.7. The van der Waals surface area contributed by atoms with Gasteiger partial charge in [0.15, 0.2) is 0 Å². The first-order chi connectivity index (χ1) is 30.3. The number of furan rings is 1. The average Bonchev–Trinajstić information content (AvgIpc) is 4.00. The molecule has 4 aromatic heterocycles. The molecule has 0 amide bonds. The lowest BCUT2D eigenvalue weighted by atomic mass is 10.0. The minimum Gasteiger partial charge on any atom is -0.455 e. The lowest BCUT2D eigenvalue weighted by Crippen LogP contribution is -2.03. The molecule has 5 heteroatoms. The van der Waals surface area contributed by atoms with Gasteiger partial charge in [-0.15, -0.1) is 0 Å². The Labute approximate surface area is 350 Å². The monoisotopic (exact) mass is 778 g/mol. The highest BCUT2D eigenvalue weighted by Gasteiger charge is 2.25. The maximum atomic E-state index is 6.90. The first-order valence-corrected chi connectivity index (χ1v) is 20.7. The number of rotatable bonds is 5. The molecule has 0 aliphatic rings. The van der Waals surface area contributed by atoms with Gasteiger partial charge in [-0.3, -0.25) is 4.57 Å². The Morgan fingerprint density at radius 2 is 0.902 bits per heavy atom. The largest absolute Gasteiger partial charge is 0.455 e. The third-order valence-electron chi connectivity index (χ3n) is 12.4. The summed E-state index contributed by atoms with van der Waals surface area (Å²) in [7, 11) is 0. The second-order valence-corrected chi connectivity index (χ2v) is 15.7. The fraction of sp³-hybridized carbons (Fsp3) is 0.